The summed E-state index contributed by atoms with van der Waals surface area (Å²) in [6.45, 7) is 4.03. The Labute approximate surface area is 190 Å². The van der Waals surface area contributed by atoms with Gasteiger partial charge in [0.15, 0.2) is 0 Å². The van der Waals surface area contributed by atoms with Gasteiger partial charge in [0, 0.05) is 40.6 Å². The molecule has 0 aromatic carbocycles. The highest BCUT2D eigenvalue weighted by Gasteiger charge is 2.32. The average Bonchev–Trinajstić information content (AvgIpc) is 3.21. The number of aryl methyl sites for hydroxylation is 2. The van der Waals surface area contributed by atoms with Gasteiger partial charge >= 0.3 is 12.1 Å². The number of alkyl halides is 3. The predicted octanol–water partition coefficient (Wildman–Crippen LogP) is 2.35. The Morgan fingerprint density at radius 1 is 1.12 bits per heavy atom. The second-order valence-corrected chi connectivity index (χ2v) is 7.17. The lowest BCUT2D eigenvalue weighted by molar-refractivity contribution is -0.755. The van der Waals surface area contributed by atoms with Crippen LogP contribution in [-0.2, 0) is 12.7 Å². The Morgan fingerprint density at radius 3 is 2.56 bits per heavy atom. The zero-order chi connectivity index (χ0) is 24.3. The van der Waals surface area contributed by atoms with Crippen molar-refractivity contribution >= 4 is 17.6 Å². The molecule has 0 aliphatic carbocycles. The summed E-state index contributed by atoms with van der Waals surface area (Å²) in [6, 6.07) is 4.69. The van der Waals surface area contributed by atoms with Crippen molar-refractivity contribution in [3.05, 3.63) is 72.0 Å². The molecule has 4 rings (SSSR count). The summed E-state index contributed by atoms with van der Waals surface area (Å²) < 4.78 is 44.6. The molecule has 0 unspecified atom stereocenters. The molecule has 4 aromatic heterocycles. The molecule has 0 saturated carbocycles. The second-order valence-electron chi connectivity index (χ2n) is 7.17. The van der Waals surface area contributed by atoms with Crippen molar-refractivity contribution in [3.63, 3.8) is 0 Å². The van der Waals surface area contributed by atoms with E-state index in [0.29, 0.717) is 11.8 Å². The smallest absolute Gasteiger partial charge is 0.433 e. The van der Waals surface area contributed by atoms with Crippen LogP contribution in [0.1, 0.15) is 22.8 Å². The van der Waals surface area contributed by atoms with E-state index in [4.69, 9.17) is 4.52 Å². The van der Waals surface area contributed by atoms with Crippen LogP contribution in [0.5, 0.6) is 0 Å². The molecule has 0 bridgehead atoms. The first-order chi connectivity index (χ1) is 16.2. The number of aromatic nitrogens is 6. The van der Waals surface area contributed by atoms with Crippen LogP contribution in [0.4, 0.5) is 24.7 Å². The quantitative estimate of drug-likeness (QED) is 0.267. The van der Waals surface area contributed by atoms with Gasteiger partial charge in [0.1, 0.15) is 17.7 Å². The lowest BCUT2D eigenvalue weighted by atomic mass is 10.0. The van der Waals surface area contributed by atoms with Crippen LogP contribution in [0.3, 0.4) is 0 Å². The van der Waals surface area contributed by atoms with E-state index in [9.17, 15) is 18.3 Å². The first-order valence-electron chi connectivity index (χ1n) is 9.85. The summed E-state index contributed by atoms with van der Waals surface area (Å²) in [5, 5.41) is 18.0. The van der Waals surface area contributed by atoms with Crippen molar-refractivity contribution in [2.45, 2.75) is 26.6 Å². The van der Waals surface area contributed by atoms with Crippen molar-refractivity contribution in [1.29, 1.82) is 0 Å². The summed E-state index contributed by atoms with van der Waals surface area (Å²) in [5.41, 5.74) is 2.91. The normalized spacial score (nSPS) is 12.1. The van der Waals surface area contributed by atoms with Gasteiger partial charge < -0.3 is 10.4 Å². The van der Waals surface area contributed by atoms with E-state index < -0.39 is 17.9 Å². The minimum atomic E-state index is -4.63. The van der Waals surface area contributed by atoms with E-state index in [0.717, 1.165) is 28.7 Å². The molecule has 0 amide bonds. The second kappa shape index (κ2) is 9.21. The number of nitrogens with one attached hydrogen (secondary N) is 1. The maximum Gasteiger partial charge on any atom is 0.433 e. The summed E-state index contributed by atoms with van der Waals surface area (Å²) >= 11 is 0. The van der Waals surface area contributed by atoms with Crippen LogP contribution >= 0.6 is 0 Å². The number of pyridine rings is 2. The number of nitrogens with zero attached hydrogens (tertiary/aromatic N) is 7. The molecule has 4 aromatic rings. The molecule has 0 saturated heterocycles. The van der Waals surface area contributed by atoms with Crippen molar-refractivity contribution in [2.75, 3.05) is 5.32 Å². The van der Waals surface area contributed by atoms with E-state index in [1.54, 1.807) is 6.20 Å². The fourth-order valence-corrected chi connectivity index (χ4v) is 3.15. The van der Waals surface area contributed by atoms with Crippen LogP contribution in [0, 0.1) is 13.8 Å². The fraction of sp³-hybridized carbons (Fsp3) is 0.190. The Balaban J connectivity index is 1.43. The highest BCUT2D eigenvalue weighted by Crippen LogP contribution is 2.28. The summed E-state index contributed by atoms with van der Waals surface area (Å²) in [5.74, 6) is -0.132. The van der Waals surface area contributed by atoms with Crippen LogP contribution in [0.2, 0.25) is 0 Å². The largest absolute Gasteiger partial charge is 0.846 e. The average molecular weight is 470 g/mol. The van der Waals surface area contributed by atoms with Gasteiger partial charge in [-0.1, -0.05) is 6.07 Å². The first-order valence-corrected chi connectivity index (χ1v) is 9.85. The molecule has 0 aliphatic rings. The topological polar surface area (TPSA) is 129 Å². The van der Waals surface area contributed by atoms with Gasteiger partial charge in [-0.05, 0) is 36.7 Å². The minimum absolute atomic E-state index is 0.109. The fourth-order valence-electron chi connectivity index (χ4n) is 3.15. The van der Waals surface area contributed by atoms with E-state index in [2.05, 4.69) is 35.5 Å². The zero-order valence-corrected chi connectivity index (χ0v) is 17.9. The van der Waals surface area contributed by atoms with Gasteiger partial charge in [-0.25, -0.2) is 15.0 Å². The third kappa shape index (κ3) is 5.31. The number of rotatable bonds is 5. The van der Waals surface area contributed by atoms with E-state index in [1.165, 1.54) is 23.3 Å². The van der Waals surface area contributed by atoms with E-state index in [-0.39, 0.29) is 18.1 Å². The molecule has 0 radical (unpaired) electrons. The SMILES string of the molecule is Cc1ncnc(C)c1-c1ccc(C[n+]2cc(/N=C(\[O-])Nc3ccnc(C(F)(F)F)c3)on2)nc1. The molecular formula is C21H17F3N8O2. The number of hydrogen-bond donors (Lipinski definition) is 1. The van der Waals surface area contributed by atoms with Crippen LogP contribution in [0.25, 0.3) is 11.1 Å². The number of amidine groups is 1. The third-order valence-electron chi connectivity index (χ3n) is 4.68. The van der Waals surface area contributed by atoms with Crippen molar-refractivity contribution in [3.8, 4) is 11.1 Å². The monoisotopic (exact) mass is 470 g/mol. The summed E-state index contributed by atoms with van der Waals surface area (Å²) in [7, 11) is 0. The summed E-state index contributed by atoms with van der Waals surface area (Å²) in [4.78, 5) is 19.7. The van der Waals surface area contributed by atoms with E-state index in [1.807, 2.05) is 26.0 Å². The number of halogens is 3. The van der Waals surface area contributed by atoms with Gasteiger partial charge in [0.05, 0.1) is 6.02 Å². The molecule has 0 fully saturated rings. The molecule has 13 heteroatoms. The maximum absolute atomic E-state index is 12.7. The minimum Gasteiger partial charge on any atom is -0.846 e. The van der Waals surface area contributed by atoms with Crippen LogP contribution in [-0.4, -0.2) is 31.2 Å². The molecule has 4 heterocycles. The molecule has 0 atom stereocenters. The van der Waals surface area contributed by atoms with Crippen LogP contribution in [0.15, 0.2) is 58.7 Å². The van der Waals surface area contributed by atoms with Gasteiger partial charge in [0.2, 0.25) is 11.8 Å². The number of anilines is 1. The Bertz CT molecular complexity index is 1320. The molecule has 10 nitrogen and oxygen atoms in total. The molecule has 34 heavy (non-hydrogen) atoms. The zero-order valence-electron chi connectivity index (χ0n) is 17.9. The molecular weight excluding hydrogens is 453 g/mol. The maximum atomic E-state index is 12.7. The molecule has 1 N–H and O–H groups in total. The highest BCUT2D eigenvalue weighted by atomic mass is 19.4. The highest BCUT2D eigenvalue weighted by molar-refractivity contribution is 5.86. The first kappa shape index (κ1) is 22.8. The molecule has 0 spiro atoms. The van der Waals surface area contributed by atoms with Gasteiger partial charge in [-0.2, -0.15) is 13.2 Å². The lowest BCUT2D eigenvalue weighted by Crippen LogP contribution is -2.35. The van der Waals surface area contributed by atoms with Gasteiger partial charge in [-0.15, -0.1) is 0 Å². The Kier molecular flexibility index (Phi) is 6.17. The Morgan fingerprint density at radius 2 is 1.88 bits per heavy atom. The van der Waals surface area contributed by atoms with Crippen molar-refractivity contribution < 1.29 is 27.5 Å². The third-order valence-corrected chi connectivity index (χ3v) is 4.68. The van der Waals surface area contributed by atoms with Gasteiger partial charge in [-0.3, -0.25) is 14.5 Å². The predicted molar refractivity (Wildman–Crippen MR) is 110 cm³/mol. The van der Waals surface area contributed by atoms with Crippen molar-refractivity contribution in [2.24, 2.45) is 4.99 Å². The lowest BCUT2D eigenvalue weighted by Gasteiger charge is -2.13. The number of hydrogen-bond acceptors (Lipinski definition) is 8. The van der Waals surface area contributed by atoms with E-state index >= 15 is 0 Å². The van der Waals surface area contributed by atoms with Crippen molar-refractivity contribution in [1.82, 2.24) is 25.2 Å². The van der Waals surface area contributed by atoms with Gasteiger partial charge in [0.25, 0.3) is 6.20 Å². The molecule has 174 valence electrons. The standard InChI is InChI=1S/C21H17F3N8O2/c1-12-19(13(2)28-11-27-12)14-3-4-16(26-8-14)9-32-10-18(34-31-32)30-20(33)29-15-5-6-25-17(7-15)21(22,23)24/h3-8,10-11H,9H2,1-2H3,(H-,25,29,30,31,33). The summed E-state index contributed by atoms with van der Waals surface area (Å²) in [6.07, 6.45) is 0.885. The van der Waals surface area contributed by atoms with Crippen LogP contribution < -0.4 is 15.1 Å². The Hall–Kier alpha value is -4.42. The number of aliphatic imine (C=N–C) groups is 1. The molecule has 0 aliphatic heterocycles.